The molecule has 3 N–H and O–H groups in total. The number of fused-ring (bicyclic) bond motifs is 1. The van der Waals surface area contributed by atoms with Crippen molar-refractivity contribution < 1.29 is 14.1 Å². The number of primary amides is 1. The number of nitrogens with two attached hydrogens (primary N) is 1. The topological polar surface area (TPSA) is 111 Å². The van der Waals surface area contributed by atoms with Crippen LogP contribution in [0.5, 0.6) is 0 Å². The number of nitrogens with zero attached hydrogens (tertiary/aromatic N) is 2. The molecular formula is C21H16N4O3. The van der Waals surface area contributed by atoms with Gasteiger partial charge >= 0.3 is 0 Å². The number of aryl methyl sites for hydroxylation is 1. The molecule has 4 aromatic rings. The first-order valence-corrected chi connectivity index (χ1v) is 8.56. The fourth-order valence-electron chi connectivity index (χ4n) is 2.98. The van der Waals surface area contributed by atoms with E-state index in [0.717, 1.165) is 5.56 Å². The molecule has 0 unspecified atom stereocenters. The number of pyridine rings is 1. The summed E-state index contributed by atoms with van der Waals surface area (Å²) >= 11 is 0. The van der Waals surface area contributed by atoms with E-state index >= 15 is 0 Å². The summed E-state index contributed by atoms with van der Waals surface area (Å²) in [6.07, 6.45) is 0. The van der Waals surface area contributed by atoms with Gasteiger partial charge in [0.15, 0.2) is 0 Å². The summed E-state index contributed by atoms with van der Waals surface area (Å²) in [6.45, 7) is 1.75. The Morgan fingerprint density at radius 2 is 1.82 bits per heavy atom. The summed E-state index contributed by atoms with van der Waals surface area (Å²) in [6, 6.07) is 17.6. The second kappa shape index (κ2) is 6.96. The van der Waals surface area contributed by atoms with Crippen LogP contribution >= 0.6 is 0 Å². The predicted molar refractivity (Wildman–Crippen MR) is 105 cm³/mol. The second-order valence-corrected chi connectivity index (χ2v) is 6.27. The summed E-state index contributed by atoms with van der Waals surface area (Å²) in [7, 11) is 0. The normalized spacial score (nSPS) is 10.8. The Morgan fingerprint density at radius 1 is 1.04 bits per heavy atom. The Hall–Kier alpha value is -4.00. The Labute approximate surface area is 160 Å². The molecule has 2 aromatic carbocycles. The van der Waals surface area contributed by atoms with Gasteiger partial charge in [0.25, 0.3) is 11.6 Å². The lowest BCUT2D eigenvalue weighted by Crippen LogP contribution is -2.15. The van der Waals surface area contributed by atoms with Crippen molar-refractivity contribution in [1.29, 1.82) is 0 Å². The summed E-state index contributed by atoms with van der Waals surface area (Å²) in [5.74, 6) is -0.929. The maximum Gasteiger partial charge on any atom is 0.259 e. The van der Waals surface area contributed by atoms with Crippen LogP contribution in [0.1, 0.15) is 26.4 Å². The molecule has 0 aliphatic heterocycles. The van der Waals surface area contributed by atoms with Crippen molar-refractivity contribution in [3.05, 3.63) is 77.5 Å². The minimum atomic E-state index is -0.566. The molecule has 0 aliphatic rings. The van der Waals surface area contributed by atoms with Gasteiger partial charge in [-0.2, -0.15) is 0 Å². The zero-order chi connectivity index (χ0) is 19.7. The van der Waals surface area contributed by atoms with Gasteiger partial charge < -0.3 is 15.6 Å². The van der Waals surface area contributed by atoms with Gasteiger partial charge in [0, 0.05) is 16.8 Å². The van der Waals surface area contributed by atoms with Gasteiger partial charge in [-0.05, 0) is 31.2 Å². The third-order valence-corrected chi connectivity index (χ3v) is 4.34. The van der Waals surface area contributed by atoms with E-state index in [1.54, 1.807) is 31.2 Å². The van der Waals surface area contributed by atoms with E-state index in [9.17, 15) is 9.59 Å². The van der Waals surface area contributed by atoms with Gasteiger partial charge in [0.05, 0.1) is 22.3 Å². The highest BCUT2D eigenvalue weighted by Gasteiger charge is 2.19. The van der Waals surface area contributed by atoms with Gasteiger partial charge in [0.1, 0.15) is 0 Å². The third-order valence-electron chi connectivity index (χ3n) is 4.34. The number of carbonyl (C=O) groups excluding carboxylic acids is 2. The van der Waals surface area contributed by atoms with Gasteiger partial charge in [-0.25, -0.2) is 4.98 Å². The molecule has 0 bridgehead atoms. The highest BCUT2D eigenvalue weighted by atomic mass is 16.5. The van der Waals surface area contributed by atoms with Crippen LogP contribution in [0.2, 0.25) is 0 Å². The number of aromatic nitrogens is 2. The van der Waals surface area contributed by atoms with Crippen molar-refractivity contribution >= 4 is 28.6 Å². The van der Waals surface area contributed by atoms with E-state index in [1.807, 2.05) is 30.3 Å². The van der Waals surface area contributed by atoms with Crippen LogP contribution in [0, 0.1) is 6.92 Å². The SMILES string of the molecule is Cc1noc2nc(-c3ccccc3)cc(C(=O)Nc3cccc(C(N)=O)c3)c12. The van der Waals surface area contributed by atoms with Crippen LogP contribution in [0.3, 0.4) is 0 Å². The number of nitrogens with one attached hydrogen (secondary N) is 1. The van der Waals surface area contributed by atoms with Gasteiger partial charge in [0.2, 0.25) is 5.91 Å². The molecule has 4 rings (SSSR count). The van der Waals surface area contributed by atoms with Crippen LogP contribution in [0.15, 0.2) is 65.2 Å². The van der Waals surface area contributed by atoms with Crippen LogP contribution in [-0.4, -0.2) is 22.0 Å². The number of hydrogen-bond donors (Lipinski definition) is 2. The molecule has 0 fully saturated rings. The van der Waals surface area contributed by atoms with Gasteiger partial charge in [-0.1, -0.05) is 41.6 Å². The van der Waals surface area contributed by atoms with Crippen molar-refractivity contribution in [2.75, 3.05) is 5.32 Å². The van der Waals surface area contributed by atoms with E-state index < -0.39 is 5.91 Å². The average Bonchev–Trinajstić information content (AvgIpc) is 3.09. The molecule has 0 saturated heterocycles. The summed E-state index contributed by atoms with van der Waals surface area (Å²) < 4.78 is 5.30. The Bertz CT molecular complexity index is 1200. The van der Waals surface area contributed by atoms with Crippen molar-refractivity contribution in [1.82, 2.24) is 10.1 Å². The molecule has 0 atom stereocenters. The Morgan fingerprint density at radius 3 is 2.57 bits per heavy atom. The highest BCUT2D eigenvalue weighted by Crippen LogP contribution is 2.27. The molecule has 2 aromatic heterocycles. The number of anilines is 1. The van der Waals surface area contributed by atoms with Crippen molar-refractivity contribution in [3.8, 4) is 11.3 Å². The van der Waals surface area contributed by atoms with Crippen molar-refractivity contribution in [2.24, 2.45) is 5.73 Å². The van der Waals surface area contributed by atoms with Gasteiger partial charge in [-0.15, -0.1) is 0 Å². The summed E-state index contributed by atoms with van der Waals surface area (Å²) in [5.41, 5.74) is 8.76. The van der Waals surface area contributed by atoms with Crippen LogP contribution < -0.4 is 11.1 Å². The molecule has 28 heavy (non-hydrogen) atoms. The zero-order valence-corrected chi connectivity index (χ0v) is 15.0. The number of rotatable bonds is 4. The number of hydrogen-bond acceptors (Lipinski definition) is 5. The molecule has 2 heterocycles. The predicted octanol–water partition coefficient (Wildman–Crippen LogP) is 3.55. The zero-order valence-electron chi connectivity index (χ0n) is 15.0. The molecule has 0 aliphatic carbocycles. The maximum atomic E-state index is 13.0. The highest BCUT2D eigenvalue weighted by molar-refractivity contribution is 6.13. The first kappa shape index (κ1) is 17.4. The lowest BCUT2D eigenvalue weighted by atomic mass is 10.0. The van der Waals surface area contributed by atoms with Gasteiger partial charge in [-0.3, -0.25) is 9.59 Å². The van der Waals surface area contributed by atoms with E-state index in [0.29, 0.717) is 33.6 Å². The second-order valence-electron chi connectivity index (χ2n) is 6.27. The lowest BCUT2D eigenvalue weighted by Gasteiger charge is -2.09. The maximum absolute atomic E-state index is 13.0. The average molecular weight is 372 g/mol. The van der Waals surface area contributed by atoms with E-state index in [1.165, 1.54) is 6.07 Å². The van der Waals surface area contributed by atoms with Crippen LogP contribution in [0.25, 0.3) is 22.4 Å². The lowest BCUT2D eigenvalue weighted by molar-refractivity contribution is 0.0996. The Balaban J connectivity index is 1.78. The fourth-order valence-corrected chi connectivity index (χ4v) is 2.98. The molecule has 0 saturated carbocycles. The molecule has 138 valence electrons. The molecule has 0 spiro atoms. The van der Waals surface area contributed by atoms with Crippen LogP contribution in [0.4, 0.5) is 5.69 Å². The molecule has 2 amide bonds. The van der Waals surface area contributed by atoms with E-state index in [4.69, 9.17) is 10.3 Å². The monoisotopic (exact) mass is 372 g/mol. The first-order chi connectivity index (χ1) is 13.5. The Kier molecular flexibility index (Phi) is 4.33. The quantitative estimate of drug-likeness (QED) is 0.569. The summed E-state index contributed by atoms with van der Waals surface area (Å²) in [4.78, 5) is 28.9. The number of amides is 2. The molecule has 0 radical (unpaired) electrons. The van der Waals surface area contributed by atoms with Crippen molar-refractivity contribution in [3.63, 3.8) is 0 Å². The standard InChI is InChI=1S/C21H16N4O3/c1-12-18-16(20(27)23-15-9-5-8-14(10-15)19(22)26)11-17(24-21(18)28-25-12)13-6-3-2-4-7-13/h2-11H,1H3,(H2,22,26)(H,23,27). The first-order valence-electron chi connectivity index (χ1n) is 8.56. The van der Waals surface area contributed by atoms with Crippen LogP contribution in [-0.2, 0) is 0 Å². The largest absolute Gasteiger partial charge is 0.366 e. The molecular weight excluding hydrogens is 356 g/mol. The van der Waals surface area contributed by atoms with E-state index in [2.05, 4.69) is 15.5 Å². The van der Waals surface area contributed by atoms with Crippen molar-refractivity contribution in [2.45, 2.75) is 6.92 Å². The smallest absolute Gasteiger partial charge is 0.259 e. The minimum Gasteiger partial charge on any atom is -0.366 e. The molecule has 7 heteroatoms. The minimum absolute atomic E-state index is 0.287. The van der Waals surface area contributed by atoms with E-state index in [-0.39, 0.29) is 11.6 Å². The third kappa shape index (κ3) is 3.21. The number of benzene rings is 2. The fraction of sp³-hybridized carbons (Fsp3) is 0.0476. The molecule has 7 nitrogen and oxygen atoms in total. The number of carbonyl (C=O) groups is 2. The summed E-state index contributed by atoms with van der Waals surface area (Å²) in [5, 5.41) is 7.28.